The van der Waals surface area contributed by atoms with Crippen LogP contribution in [0.3, 0.4) is 0 Å². The Bertz CT molecular complexity index is 868. The predicted octanol–water partition coefficient (Wildman–Crippen LogP) is 4.62. The summed E-state index contributed by atoms with van der Waals surface area (Å²) in [7, 11) is 1.92. The number of anilines is 2. The molecule has 0 bridgehead atoms. The number of nitrogens with one attached hydrogen (secondary N) is 3. The Labute approximate surface area is 205 Å². The van der Waals surface area contributed by atoms with Crippen LogP contribution in [0.25, 0.3) is 0 Å². The normalized spacial score (nSPS) is 23.3. The Hall–Kier alpha value is -2.31. The van der Waals surface area contributed by atoms with Gasteiger partial charge in [-0.3, -0.25) is 9.59 Å². The minimum absolute atomic E-state index is 0.00558. The van der Waals surface area contributed by atoms with Gasteiger partial charge in [0, 0.05) is 57.2 Å². The number of nitrogens with zero attached hydrogens (tertiary/aromatic N) is 2. The number of rotatable bonds is 6. The zero-order valence-electron chi connectivity index (χ0n) is 22.3. The van der Waals surface area contributed by atoms with E-state index in [9.17, 15) is 9.59 Å². The molecule has 0 radical (unpaired) electrons. The van der Waals surface area contributed by atoms with Crippen molar-refractivity contribution < 1.29 is 9.59 Å². The standard InChI is InChI=1S/C27H45N5O2/c1-18(33)32-14-11-19(12-15-32)25(34)31-23-16-20(10-13-27(23,5)6)21-8-9-22(24(28-7)30-21)29-17-26(2,3)4/h8-9,19-20,23,29H,10-17H2,1-7H3,(H,28,30)(H,31,34). The van der Waals surface area contributed by atoms with Crippen LogP contribution in [0.1, 0.15) is 85.3 Å². The number of aromatic nitrogens is 1. The molecule has 2 amide bonds. The number of pyridine rings is 1. The molecule has 1 aromatic heterocycles. The fourth-order valence-electron chi connectivity index (χ4n) is 5.11. The van der Waals surface area contributed by atoms with Crippen molar-refractivity contribution in [3.63, 3.8) is 0 Å². The van der Waals surface area contributed by atoms with Crippen molar-refractivity contribution in [1.29, 1.82) is 0 Å². The largest absolute Gasteiger partial charge is 0.382 e. The summed E-state index contributed by atoms with van der Waals surface area (Å²) in [6, 6.07) is 4.39. The lowest BCUT2D eigenvalue weighted by Gasteiger charge is -2.43. The lowest BCUT2D eigenvalue weighted by Crippen LogP contribution is -2.51. The molecular weight excluding hydrogens is 426 g/mol. The molecule has 1 saturated heterocycles. The van der Waals surface area contributed by atoms with Gasteiger partial charge in [-0.15, -0.1) is 0 Å². The fourth-order valence-corrected chi connectivity index (χ4v) is 5.11. The van der Waals surface area contributed by atoms with Crippen LogP contribution in [-0.2, 0) is 9.59 Å². The Balaban J connectivity index is 1.66. The molecule has 1 aromatic rings. The van der Waals surface area contributed by atoms with Crippen LogP contribution in [0, 0.1) is 16.7 Å². The van der Waals surface area contributed by atoms with E-state index < -0.39 is 0 Å². The smallest absolute Gasteiger partial charge is 0.223 e. The molecule has 2 fully saturated rings. The zero-order chi connectivity index (χ0) is 25.1. The van der Waals surface area contributed by atoms with Crippen molar-refractivity contribution in [2.75, 3.05) is 37.3 Å². The molecule has 2 aliphatic rings. The van der Waals surface area contributed by atoms with Gasteiger partial charge in [-0.05, 0) is 55.1 Å². The Kier molecular flexibility index (Phi) is 8.14. The summed E-state index contributed by atoms with van der Waals surface area (Å²) in [6.45, 7) is 15.0. The third kappa shape index (κ3) is 6.63. The summed E-state index contributed by atoms with van der Waals surface area (Å²) in [5.74, 6) is 1.44. The lowest BCUT2D eigenvalue weighted by atomic mass is 9.68. The molecule has 1 saturated carbocycles. The molecule has 3 N–H and O–H groups in total. The van der Waals surface area contributed by atoms with E-state index in [1.54, 1.807) is 6.92 Å². The Morgan fingerprint density at radius 1 is 1.15 bits per heavy atom. The van der Waals surface area contributed by atoms with E-state index in [4.69, 9.17) is 4.98 Å². The number of hydrogen-bond donors (Lipinski definition) is 3. The van der Waals surface area contributed by atoms with Gasteiger partial charge in [-0.1, -0.05) is 34.6 Å². The summed E-state index contributed by atoms with van der Waals surface area (Å²) < 4.78 is 0. The SMILES string of the molecule is CNc1nc(C2CCC(C)(C)C(NC(=O)C3CCN(C(C)=O)CC3)C2)ccc1NCC(C)(C)C. The van der Waals surface area contributed by atoms with E-state index in [0.29, 0.717) is 19.0 Å². The van der Waals surface area contributed by atoms with E-state index >= 15 is 0 Å². The molecule has 7 heteroatoms. The van der Waals surface area contributed by atoms with E-state index in [1.807, 2.05) is 11.9 Å². The third-order valence-corrected chi connectivity index (χ3v) is 7.61. The first kappa shape index (κ1) is 26.3. The number of hydrogen-bond acceptors (Lipinski definition) is 5. The third-order valence-electron chi connectivity index (χ3n) is 7.61. The van der Waals surface area contributed by atoms with Crippen molar-refractivity contribution >= 4 is 23.3 Å². The number of piperidine rings is 1. The second-order valence-corrected chi connectivity index (χ2v) is 12.1. The molecule has 2 heterocycles. The van der Waals surface area contributed by atoms with Crippen molar-refractivity contribution in [3.8, 4) is 0 Å². The lowest BCUT2D eigenvalue weighted by molar-refractivity contribution is -0.134. The quantitative estimate of drug-likeness (QED) is 0.564. The van der Waals surface area contributed by atoms with Crippen LogP contribution in [0.4, 0.5) is 11.5 Å². The summed E-state index contributed by atoms with van der Waals surface area (Å²) in [5.41, 5.74) is 2.35. The van der Waals surface area contributed by atoms with Crippen LogP contribution in [0.15, 0.2) is 12.1 Å². The van der Waals surface area contributed by atoms with Crippen molar-refractivity contribution in [1.82, 2.24) is 15.2 Å². The first-order valence-electron chi connectivity index (χ1n) is 12.9. The number of likely N-dealkylation sites (tertiary alicyclic amines) is 1. The maximum absolute atomic E-state index is 13.1. The summed E-state index contributed by atoms with van der Waals surface area (Å²) in [5, 5.41) is 10.2. The van der Waals surface area contributed by atoms with Crippen molar-refractivity contribution in [3.05, 3.63) is 17.8 Å². The summed E-state index contributed by atoms with van der Waals surface area (Å²) in [6.07, 6.45) is 4.51. The molecule has 2 unspecified atom stereocenters. The molecule has 1 aliphatic heterocycles. The molecule has 0 aromatic carbocycles. The van der Waals surface area contributed by atoms with Gasteiger partial charge in [0.1, 0.15) is 5.82 Å². The van der Waals surface area contributed by atoms with Crippen LogP contribution >= 0.6 is 0 Å². The highest BCUT2D eigenvalue weighted by atomic mass is 16.2. The van der Waals surface area contributed by atoms with Gasteiger partial charge in [0.05, 0.1) is 5.69 Å². The van der Waals surface area contributed by atoms with Gasteiger partial charge in [0.2, 0.25) is 11.8 Å². The number of carbonyl (C=O) groups is 2. The van der Waals surface area contributed by atoms with Crippen LogP contribution in [0.2, 0.25) is 0 Å². The van der Waals surface area contributed by atoms with E-state index in [0.717, 1.165) is 55.8 Å². The van der Waals surface area contributed by atoms with Crippen LogP contribution < -0.4 is 16.0 Å². The average Bonchev–Trinajstić information content (AvgIpc) is 2.78. The van der Waals surface area contributed by atoms with Crippen LogP contribution in [-0.4, -0.2) is 54.4 Å². The van der Waals surface area contributed by atoms with Gasteiger partial charge in [0.15, 0.2) is 0 Å². The zero-order valence-corrected chi connectivity index (χ0v) is 22.3. The molecule has 0 spiro atoms. The van der Waals surface area contributed by atoms with Gasteiger partial charge in [0.25, 0.3) is 0 Å². The average molecular weight is 472 g/mol. The molecule has 2 atom stereocenters. The molecule has 34 heavy (non-hydrogen) atoms. The van der Waals surface area contributed by atoms with Gasteiger partial charge < -0.3 is 20.9 Å². The Morgan fingerprint density at radius 2 is 1.82 bits per heavy atom. The molecule has 7 nitrogen and oxygen atoms in total. The first-order chi connectivity index (χ1) is 15.9. The highest BCUT2D eigenvalue weighted by Gasteiger charge is 2.39. The maximum Gasteiger partial charge on any atom is 0.223 e. The van der Waals surface area contributed by atoms with Gasteiger partial charge in [-0.2, -0.15) is 0 Å². The molecule has 1 aliphatic carbocycles. The first-order valence-corrected chi connectivity index (χ1v) is 12.9. The highest BCUT2D eigenvalue weighted by molar-refractivity contribution is 5.80. The predicted molar refractivity (Wildman–Crippen MR) is 139 cm³/mol. The number of carbonyl (C=O) groups excluding carboxylic acids is 2. The fraction of sp³-hybridized carbons (Fsp3) is 0.741. The molecule has 3 rings (SSSR count). The minimum Gasteiger partial charge on any atom is -0.382 e. The minimum atomic E-state index is -0.00558. The van der Waals surface area contributed by atoms with E-state index in [2.05, 4.69) is 62.7 Å². The monoisotopic (exact) mass is 471 g/mol. The van der Waals surface area contributed by atoms with Gasteiger partial charge >= 0.3 is 0 Å². The Morgan fingerprint density at radius 3 is 2.41 bits per heavy atom. The highest BCUT2D eigenvalue weighted by Crippen LogP contribution is 2.43. The second kappa shape index (κ2) is 10.5. The second-order valence-electron chi connectivity index (χ2n) is 12.1. The van der Waals surface area contributed by atoms with Crippen molar-refractivity contribution in [2.24, 2.45) is 16.7 Å². The maximum atomic E-state index is 13.1. The summed E-state index contributed by atoms with van der Waals surface area (Å²) in [4.78, 5) is 31.5. The van der Waals surface area contributed by atoms with E-state index in [-0.39, 0.29) is 34.6 Å². The van der Waals surface area contributed by atoms with Gasteiger partial charge in [-0.25, -0.2) is 4.98 Å². The molecular formula is C27H45N5O2. The molecule has 190 valence electrons. The topological polar surface area (TPSA) is 86.4 Å². The summed E-state index contributed by atoms with van der Waals surface area (Å²) >= 11 is 0. The van der Waals surface area contributed by atoms with E-state index in [1.165, 1.54) is 0 Å². The number of amides is 2. The van der Waals surface area contributed by atoms with Crippen LogP contribution in [0.5, 0.6) is 0 Å². The van der Waals surface area contributed by atoms with Crippen molar-refractivity contribution in [2.45, 2.75) is 85.6 Å².